The number of ether oxygens (including phenoxy) is 1. The molecule has 2 N–H and O–H groups in total. The Labute approximate surface area is 122 Å². The minimum absolute atomic E-state index is 0.246. The Balaban J connectivity index is 2.26. The quantitative estimate of drug-likeness (QED) is 0.436. The van der Waals surface area contributed by atoms with Crippen molar-refractivity contribution in [2.24, 2.45) is 4.99 Å². The molecular weight excluding hydrogens is 250 g/mol. The Hall–Kier alpha value is -1.55. The second-order valence-electron chi connectivity index (χ2n) is 4.83. The first-order valence-electron chi connectivity index (χ1n) is 7.29. The van der Waals surface area contributed by atoms with E-state index < -0.39 is 0 Å². The molecule has 0 amide bonds. The lowest BCUT2D eigenvalue weighted by Gasteiger charge is -2.18. The Morgan fingerprint density at radius 2 is 1.95 bits per heavy atom. The zero-order valence-corrected chi connectivity index (χ0v) is 12.9. The van der Waals surface area contributed by atoms with Gasteiger partial charge in [-0.1, -0.05) is 30.3 Å². The zero-order chi connectivity index (χ0) is 14.6. The van der Waals surface area contributed by atoms with Gasteiger partial charge in [0.2, 0.25) is 0 Å². The molecule has 0 radical (unpaired) electrons. The highest BCUT2D eigenvalue weighted by Gasteiger charge is 2.06. The maximum Gasteiger partial charge on any atom is 0.191 e. The largest absolute Gasteiger partial charge is 0.385 e. The van der Waals surface area contributed by atoms with Crippen LogP contribution in [-0.4, -0.2) is 33.3 Å². The summed E-state index contributed by atoms with van der Waals surface area (Å²) in [5.41, 5.74) is 1.26. The number of methoxy groups -OCH3 is 1. The molecule has 4 nitrogen and oxygen atoms in total. The molecule has 0 aliphatic rings. The van der Waals surface area contributed by atoms with Crippen molar-refractivity contribution in [3.63, 3.8) is 0 Å². The maximum absolute atomic E-state index is 5.04. The molecule has 0 saturated heterocycles. The van der Waals surface area contributed by atoms with Crippen molar-refractivity contribution in [3.8, 4) is 0 Å². The van der Waals surface area contributed by atoms with Gasteiger partial charge in [0, 0.05) is 27.3 Å². The van der Waals surface area contributed by atoms with E-state index in [1.807, 2.05) is 6.07 Å². The van der Waals surface area contributed by atoms with Gasteiger partial charge in [-0.2, -0.15) is 0 Å². The molecule has 0 heterocycles. The van der Waals surface area contributed by atoms with Crippen LogP contribution in [0.3, 0.4) is 0 Å². The third kappa shape index (κ3) is 6.57. The minimum atomic E-state index is 0.246. The van der Waals surface area contributed by atoms with Crippen LogP contribution in [0.2, 0.25) is 0 Å². The fourth-order valence-corrected chi connectivity index (χ4v) is 1.98. The first-order chi connectivity index (χ1) is 9.77. The summed E-state index contributed by atoms with van der Waals surface area (Å²) < 4.78 is 5.04. The summed E-state index contributed by atoms with van der Waals surface area (Å²) in [6, 6.07) is 10.6. The normalized spacial score (nSPS) is 13.1. The molecule has 0 bridgehead atoms. The minimum Gasteiger partial charge on any atom is -0.385 e. The van der Waals surface area contributed by atoms with Gasteiger partial charge in [0.05, 0.1) is 6.04 Å². The highest BCUT2D eigenvalue weighted by atomic mass is 16.5. The standard InChI is InChI=1S/C16H27N3O/c1-14(15-10-6-4-7-11-15)19-16(17-2)18-12-8-5-9-13-20-3/h4,6-7,10-11,14H,5,8-9,12-13H2,1-3H3,(H2,17,18,19). The summed E-state index contributed by atoms with van der Waals surface area (Å²) in [5, 5.41) is 6.74. The Morgan fingerprint density at radius 3 is 2.60 bits per heavy atom. The molecule has 0 saturated carbocycles. The molecule has 4 heteroatoms. The van der Waals surface area contributed by atoms with Gasteiger partial charge in [-0.3, -0.25) is 4.99 Å². The van der Waals surface area contributed by atoms with Crippen molar-refractivity contribution in [2.75, 3.05) is 27.3 Å². The summed E-state index contributed by atoms with van der Waals surface area (Å²) in [4.78, 5) is 4.26. The highest BCUT2D eigenvalue weighted by molar-refractivity contribution is 5.80. The summed E-state index contributed by atoms with van der Waals surface area (Å²) in [6.07, 6.45) is 3.42. The molecule has 1 rings (SSSR count). The molecule has 20 heavy (non-hydrogen) atoms. The van der Waals surface area contributed by atoms with Crippen LogP contribution >= 0.6 is 0 Å². The van der Waals surface area contributed by atoms with Gasteiger partial charge in [0.25, 0.3) is 0 Å². The summed E-state index contributed by atoms with van der Waals surface area (Å²) >= 11 is 0. The lowest BCUT2D eigenvalue weighted by atomic mass is 10.1. The number of hydrogen-bond acceptors (Lipinski definition) is 2. The lowest BCUT2D eigenvalue weighted by molar-refractivity contribution is 0.192. The average molecular weight is 277 g/mol. The van der Waals surface area contributed by atoms with E-state index in [4.69, 9.17) is 4.74 Å². The van der Waals surface area contributed by atoms with Crippen LogP contribution in [0.4, 0.5) is 0 Å². The van der Waals surface area contributed by atoms with Crippen LogP contribution in [-0.2, 0) is 4.74 Å². The smallest absolute Gasteiger partial charge is 0.191 e. The fourth-order valence-electron chi connectivity index (χ4n) is 1.98. The molecule has 0 aliphatic carbocycles. The van der Waals surface area contributed by atoms with Gasteiger partial charge >= 0.3 is 0 Å². The Bertz CT molecular complexity index is 379. The third-order valence-corrected chi connectivity index (χ3v) is 3.19. The number of nitrogens with zero attached hydrogens (tertiary/aromatic N) is 1. The molecule has 0 aliphatic heterocycles. The molecule has 0 aromatic heterocycles. The van der Waals surface area contributed by atoms with Crippen molar-refractivity contribution < 1.29 is 4.74 Å². The van der Waals surface area contributed by atoms with E-state index in [0.717, 1.165) is 32.0 Å². The number of unbranched alkanes of at least 4 members (excludes halogenated alkanes) is 2. The van der Waals surface area contributed by atoms with Gasteiger partial charge in [0.15, 0.2) is 5.96 Å². The first kappa shape index (κ1) is 16.5. The van der Waals surface area contributed by atoms with Gasteiger partial charge in [-0.15, -0.1) is 0 Å². The van der Waals surface area contributed by atoms with Crippen LogP contribution in [0.15, 0.2) is 35.3 Å². The van der Waals surface area contributed by atoms with E-state index in [0.29, 0.717) is 0 Å². The highest BCUT2D eigenvalue weighted by Crippen LogP contribution is 2.10. The van der Waals surface area contributed by atoms with E-state index in [2.05, 4.69) is 46.8 Å². The zero-order valence-electron chi connectivity index (χ0n) is 12.9. The molecule has 1 atom stereocenters. The average Bonchev–Trinajstić information content (AvgIpc) is 2.50. The van der Waals surface area contributed by atoms with Crippen molar-refractivity contribution in [1.29, 1.82) is 0 Å². The fraction of sp³-hybridized carbons (Fsp3) is 0.562. The predicted molar refractivity (Wildman–Crippen MR) is 85.1 cm³/mol. The molecule has 1 unspecified atom stereocenters. The Morgan fingerprint density at radius 1 is 1.20 bits per heavy atom. The van der Waals surface area contributed by atoms with E-state index in [1.54, 1.807) is 14.2 Å². The second kappa shape index (κ2) is 10.3. The van der Waals surface area contributed by atoms with Gasteiger partial charge in [0.1, 0.15) is 0 Å². The SMILES string of the molecule is CN=C(NCCCCCOC)NC(C)c1ccccc1. The van der Waals surface area contributed by atoms with Crippen molar-refractivity contribution in [2.45, 2.75) is 32.2 Å². The summed E-state index contributed by atoms with van der Waals surface area (Å²) in [6.45, 7) is 3.92. The van der Waals surface area contributed by atoms with Crippen LogP contribution in [0.1, 0.15) is 37.8 Å². The third-order valence-electron chi connectivity index (χ3n) is 3.19. The number of nitrogens with one attached hydrogen (secondary N) is 2. The number of hydrogen-bond donors (Lipinski definition) is 2. The molecule has 0 fully saturated rings. The number of benzene rings is 1. The number of rotatable bonds is 8. The van der Waals surface area contributed by atoms with Crippen LogP contribution in [0.5, 0.6) is 0 Å². The molecule has 112 valence electrons. The molecular formula is C16H27N3O. The monoisotopic (exact) mass is 277 g/mol. The molecule has 1 aromatic rings. The molecule has 1 aromatic carbocycles. The topological polar surface area (TPSA) is 45.7 Å². The Kier molecular flexibility index (Phi) is 8.47. The predicted octanol–water partition coefficient (Wildman–Crippen LogP) is 2.73. The van der Waals surface area contributed by atoms with Crippen LogP contribution in [0, 0.1) is 0 Å². The van der Waals surface area contributed by atoms with E-state index in [9.17, 15) is 0 Å². The van der Waals surface area contributed by atoms with Crippen molar-refractivity contribution >= 4 is 5.96 Å². The number of aliphatic imine (C=N–C) groups is 1. The molecule has 0 spiro atoms. The summed E-state index contributed by atoms with van der Waals surface area (Å²) in [5.74, 6) is 0.855. The van der Waals surface area contributed by atoms with Crippen LogP contribution in [0.25, 0.3) is 0 Å². The number of guanidine groups is 1. The van der Waals surface area contributed by atoms with Crippen LogP contribution < -0.4 is 10.6 Å². The van der Waals surface area contributed by atoms with E-state index in [-0.39, 0.29) is 6.04 Å². The lowest BCUT2D eigenvalue weighted by Crippen LogP contribution is -2.39. The summed E-state index contributed by atoms with van der Waals surface area (Å²) in [7, 11) is 3.55. The second-order valence-corrected chi connectivity index (χ2v) is 4.83. The first-order valence-corrected chi connectivity index (χ1v) is 7.29. The maximum atomic E-state index is 5.04. The van der Waals surface area contributed by atoms with Crippen molar-refractivity contribution in [3.05, 3.63) is 35.9 Å². The van der Waals surface area contributed by atoms with Gasteiger partial charge in [-0.05, 0) is 31.7 Å². The van der Waals surface area contributed by atoms with E-state index >= 15 is 0 Å². The van der Waals surface area contributed by atoms with Gasteiger partial charge < -0.3 is 15.4 Å². The van der Waals surface area contributed by atoms with E-state index in [1.165, 1.54) is 12.0 Å². The van der Waals surface area contributed by atoms with Gasteiger partial charge in [-0.25, -0.2) is 0 Å². The van der Waals surface area contributed by atoms with Crippen molar-refractivity contribution in [1.82, 2.24) is 10.6 Å².